The van der Waals surface area contributed by atoms with Crippen molar-refractivity contribution in [1.82, 2.24) is 0 Å². The lowest BCUT2D eigenvalue weighted by molar-refractivity contribution is -0.151. The van der Waals surface area contributed by atoms with Gasteiger partial charge in [0, 0.05) is 11.6 Å². The van der Waals surface area contributed by atoms with Crippen LogP contribution in [0.15, 0.2) is 54.6 Å². The van der Waals surface area contributed by atoms with Crippen molar-refractivity contribution >= 4 is 33.0 Å². The van der Waals surface area contributed by atoms with E-state index in [-0.39, 0.29) is 18.3 Å². The van der Waals surface area contributed by atoms with Gasteiger partial charge >= 0.3 is 5.97 Å². The molecule has 0 amide bonds. The molecular weight excluding hydrogens is 402 g/mol. The van der Waals surface area contributed by atoms with E-state index in [0.29, 0.717) is 12.1 Å². The molecule has 1 N–H and O–H groups in total. The molecule has 0 aromatic heterocycles. The number of sulfonamides is 1. The summed E-state index contributed by atoms with van der Waals surface area (Å²) in [4.78, 5) is 25.5. The minimum atomic E-state index is -3.42. The predicted molar refractivity (Wildman–Crippen MR) is 117 cm³/mol. The smallest absolute Gasteiger partial charge is 0.317 e. The number of rotatable bonds is 6. The van der Waals surface area contributed by atoms with E-state index in [9.17, 15) is 18.0 Å². The molecule has 0 fully saturated rings. The Morgan fingerprint density at radius 2 is 1.87 bits per heavy atom. The van der Waals surface area contributed by atoms with E-state index in [1.54, 1.807) is 25.1 Å². The van der Waals surface area contributed by atoms with Crippen LogP contribution in [0.25, 0.3) is 5.57 Å². The lowest BCUT2D eigenvalue weighted by Crippen LogP contribution is -2.34. The van der Waals surface area contributed by atoms with E-state index >= 15 is 0 Å². The van der Waals surface area contributed by atoms with Gasteiger partial charge < -0.3 is 4.74 Å². The Morgan fingerprint density at radius 3 is 2.50 bits per heavy atom. The van der Waals surface area contributed by atoms with Crippen molar-refractivity contribution in [1.29, 1.82) is 0 Å². The zero-order valence-electron chi connectivity index (χ0n) is 17.2. The van der Waals surface area contributed by atoms with E-state index in [1.807, 2.05) is 37.3 Å². The number of carbonyl (C=O) groups is 2. The van der Waals surface area contributed by atoms with Crippen LogP contribution >= 0.6 is 0 Å². The van der Waals surface area contributed by atoms with Crippen LogP contribution < -0.4 is 4.72 Å². The van der Waals surface area contributed by atoms with Gasteiger partial charge in [0.2, 0.25) is 10.0 Å². The Bertz CT molecular complexity index is 1090. The molecule has 2 atom stereocenters. The van der Waals surface area contributed by atoms with Crippen molar-refractivity contribution in [3.8, 4) is 0 Å². The molecule has 0 bridgehead atoms. The van der Waals surface area contributed by atoms with Crippen LogP contribution in [0.2, 0.25) is 0 Å². The van der Waals surface area contributed by atoms with Crippen LogP contribution in [0.1, 0.15) is 36.0 Å². The summed E-state index contributed by atoms with van der Waals surface area (Å²) >= 11 is 0. The first-order valence-electron chi connectivity index (χ1n) is 9.74. The highest BCUT2D eigenvalue weighted by Crippen LogP contribution is 2.40. The summed E-state index contributed by atoms with van der Waals surface area (Å²) in [5, 5.41) is 0. The lowest BCUT2D eigenvalue weighted by atomic mass is 9.73. The summed E-state index contributed by atoms with van der Waals surface area (Å²) in [6.07, 6.45) is 3.02. The number of hydrogen-bond acceptors (Lipinski definition) is 5. The van der Waals surface area contributed by atoms with Crippen LogP contribution in [-0.2, 0) is 24.3 Å². The third-order valence-corrected chi connectivity index (χ3v) is 5.65. The zero-order valence-corrected chi connectivity index (χ0v) is 18.0. The first-order chi connectivity index (χ1) is 14.2. The molecule has 0 radical (unpaired) electrons. The Morgan fingerprint density at radius 1 is 1.17 bits per heavy atom. The topological polar surface area (TPSA) is 89.5 Å². The van der Waals surface area contributed by atoms with E-state index < -0.39 is 21.9 Å². The largest absolute Gasteiger partial charge is 0.465 e. The number of aryl methyl sites for hydroxylation is 1. The molecule has 2 aromatic carbocycles. The number of hydrogen-bond donors (Lipinski definition) is 1. The van der Waals surface area contributed by atoms with Gasteiger partial charge in [0.1, 0.15) is 5.92 Å². The van der Waals surface area contributed by atoms with Gasteiger partial charge in [-0.25, -0.2) is 8.42 Å². The van der Waals surface area contributed by atoms with Crippen LogP contribution in [0.3, 0.4) is 0 Å². The normalized spacial score (nSPS) is 19.2. The van der Waals surface area contributed by atoms with Crippen LogP contribution in [0, 0.1) is 12.8 Å². The molecule has 0 spiro atoms. The number of ether oxygens (including phenoxy) is 1. The van der Waals surface area contributed by atoms with Crippen molar-refractivity contribution < 1.29 is 22.7 Å². The second-order valence-corrected chi connectivity index (χ2v) is 9.23. The molecule has 1 aliphatic carbocycles. The Labute approximate surface area is 177 Å². The highest BCUT2D eigenvalue weighted by atomic mass is 32.2. The fraction of sp³-hybridized carbons (Fsp3) is 0.304. The van der Waals surface area contributed by atoms with Gasteiger partial charge in [-0.3, -0.25) is 14.3 Å². The fourth-order valence-corrected chi connectivity index (χ4v) is 4.26. The number of anilines is 1. The van der Waals surface area contributed by atoms with Gasteiger partial charge in [-0.05, 0) is 55.2 Å². The maximum atomic E-state index is 13.0. The first-order valence-corrected chi connectivity index (χ1v) is 11.6. The lowest BCUT2D eigenvalue weighted by Gasteiger charge is -2.29. The van der Waals surface area contributed by atoms with E-state index in [1.165, 1.54) is 6.08 Å². The monoisotopic (exact) mass is 427 g/mol. The molecule has 6 nitrogen and oxygen atoms in total. The minimum absolute atomic E-state index is 0.207. The maximum absolute atomic E-state index is 13.0. The van der Waals surface area contributed by atoms with Gasteiger partial charge in [0.25, 0.3) is 0 Å². The van der Waals surface area contributed by atoms with Crippen molar-refractivity contribution in [2.45, 2.75) is 26.2 Å². The third-order valence-electron chi connectivity index (χ3n) is 5.05. The van der Waals surface area contributed by atoms with Gasteiger partial charge in [0.05, 0.1) is 12.9 Å². The molecular formula is C23H25NO5S. The molecule has 1 aliphatic rings. The Kier molecular flexibility index (Phi) is 6.41. The van der Waals surface area contributed by atoms with E-state index in [4.69, 9.17) is 4.74 Å². The van der Waals surface area contributed by atoms with Gasteiger partial charge in [0.15, 0.2) is 5.78 Å². The van der Waals surface area contributed by atoms with Gasteiger partial charge in [-0.2, -0.15) is 0 Å². The number of esters is 1. The Balaban J connectivity index is 2.00. The molecule has 0 heterocycles. The van der Waals surface area contributed by atoms with Gasteiger partial charge in [-0.1, -0.05) is 42.0 Å². The van der Waals surface area contributed by atoms with E-state index in [0.717, 1.165) is 28.5 Å². The van der Waals surface area contributed by atoms with Crippen molar-refractivity contribution in [3.05, 3.63) is 71.3 Å². The minimum Gasteiger partial charge on any atom is -0.465 e. The summed E-state index contributed by atoms with van der Waals surface area (Å²) in [6.45, 7) is 3.90. The van der Waals surface area contributed by atoms with Gasteiger partial charge in [-0.15, -0.1) is 0 Å². The molecule has 0 unspecified atom stereocenters. The average Bonchev–Trinajstić information content (AvgIpc) is 2.67. The molecule has 3 rings (SSSR count). The standard InChI is InChI=1S/C23H25NO5S/c1-4-29-23(26)22-20(16-10-8-15(2)9-11-16)13-18(14-21(22)25)17-6-5-7-19(12-17)24-30(3,27)28/h5-12,14,20,22,24H,4,13H2,1-3H3/t20-,22+/m0/s1. The maximum Gasteiger partial charge on any atom is 0.317 e. The second-order valence-electron chi connectivity index (χ2n) is 7.48. The highest BCUT2D eigenvalue weighted by molar-refractivity contribution is 7.92. The van der Waals surface area contributed by atoms with Crippen molar-refractivity contribution in [3.63, 3.8) is 0 Å². The number of carbonyl (C=O) groups excluding carboxylic acids is 2. The molecule has 30 heavy (non-hydrogen) atoms. The number of ketones is 1. The summed E-state index contributed by atoms with van der Waals surface area (Å²) in [7, 11) is -3.42. The number of benzene rings is 2. The fourth-order valence-electron chi connectivity index (χ4n) is 3.71. The second kappa shape index (κ2) is 8.83. The van der Waals surface area contributed by atoms with Crippen molar-refractivity contribution in [2.24, 2.45) is 5.92 Å². The Hall–Kier alpha value is -2.93. The van der Waals surface area contributed by atoms with Crippen LogP contribution in [0.5, 0.6) is 0 Å². The third kappa shape index (κ3) is 5.16. The SMILES string of the molecule is CCOC(=O)[C@H]1C(=O)C=C(c2cccc(NS(C)(=O)=O)c2)C[C@H]1c1ccc(C)cc1. The molecule has 158 valence electrons. The van der Waals surface area contributed by atoms with Crippen LogP contribution in [0.4, 0.5) is 5.69 Å². The molecule has 0 aliphatic heterocycles. The quantitative estimate of drug-likeness (QED) is 0.561. The average molecular weight is 428 g/mol. The number of nitrogens with one attached hydrogen (secondary N) is 1. The summed E-state index contributed by atoms with van der Waals surface area (Å²) in [6, 6.07) is 14.7. The summed E-state index contributed by atoms with van der Waals surface area (Å²) < 4.78 is 30.7. The van der Waals surface area contributed by atoms with Crippen molar-refractivity contribution in [2.75, 3.05) is 17.6 Å². The predicted octanol–water partition coefficient (Wildman–Crippen LogP) is 3.69. The molecule has 7 heteroatoms. The van der Waals surface area contributed by atoms with Crippen LogP contribution in [-0.4, -0.2) is 33.0 Å². The summed E-state index contributed by atoms with van der Waals surface area (Å²) in [5.74, 6) is -2.07. The first kappa shape index (κ1) is 21.8. The summed E-state index contributed by atoms with van der Waals surface area (Å²) in [5.41, 5.74) is 3.88. The number of allylic oxidation sites excluding steroid dienone is 2. The highest BCUT2D eigenvalue weighted by Gasteiger charge is 2.39. The van der Waals surface area contributed by atoms with E-state index in [2.05, 4.69) is 4.72 Å². The molecule has 0 saturated heterocycles. The molecule has 2 aromatic rings. The zero-order chi connectivity index (χ0) is 21.9. The molecule has 0 saturated carbocycles.